The van der Waals surface area contributed by atoms with Gasteiger partial charge in [0, 0.05) is 0 Å². The lowest BCUT2D eigenvalue weighted by molar-refractivity contribution is 0.443. The van der Waals surface area contributed by atoms with Crippen LogP contribution in [0.5, 0.6) is 0 Å². The molecule has 0 aromatic carbocycles. The van der Waals surface area contributed by atoms with Crippen molar-refractivity contribution in [2.24, 2.45) is 0 Å². The second-order valence-corrected chi connectivity index (χ2v) is 6.93. The van der Waals surface area contributed by atoms with Gasteiger partial charge in [0.05, 0.1) is 14.6 Å². The van der Waals surface area contributed by atoms with Crippen LogP contribution in [0.2, 0.25) is 5.54 Å². The molecule has 0 aromatic rings. The molecule has 0 saturated carbocycles. The molecule has 0 rings (SSSR count). The van der Waals surface area contributed by atoms with E-state index in [9.17, 15) is 0 Å². The van der Waals surface area contributed by atoms with Crippen LogP contribution in [0, 0.1) is 0 Å². The van der Waals surface area contributed by atoms with Crippen LogP contribution in [0.25, 0.3) is 0 Å². The van der Waals surface area contributed by atoms with Crippen LogP contribution in [-0.4, -0.2) is 33.6 Å². The Morgan fingerprint density at radius 2 is 1.78 bits per heavy atom. The van der Waals surface area contributed by atoms with Crippen LogP contribution >= 0.6 is 11.6 Å². The van der Waals surface area contributed by atoms with Gasteiger partial charge in [0.25, 0.3) is 0 Å². The van der Waals surface area contributed by atoms with Gasteiger partial charge in [-0.2, -0.15) is 0 Å². The van der Waals surface area contributed by atoms with Crippen molar-refractivity contribution in [3.63, 3.8) is 0 Å². The van der Waals surface area contributed by atoms with Crippen LogP contribution in [0.15, 0.2) is 0 Å². The Morgan fingerprint density at radius 3 is 1.89 bits per heavy atom. The van der Waals surface area contributed by atoms with Crippen LogP contribution in [0.1, 0.15) is 13.8 Å². The maximum absolute atomic E-state index is 6.00. The van der Waals surface area contributed by atoms with E-state index >= 15 is 0 Å². The number of alkyl halides is 1. The van der Waals surface area contributed by atoms with E-state index in [1.165, 1.54) is 0 Å². The molecule has 1 unspecified atom stereocenters. The largest absolute Gasteiger partial charge is 0.297 e. The fourth-order valence-corrected chi connectivity index (χ4v) is 2.87. The standard InChI is InChI=1S/C6H16ClNSi/c1-5(2)9-6(7)8(3)4/h5-6H,9H2,1-4H3. The van der Waals surface area contributed by atoms with Gasteiger partial charge < -0.3 is 0 Å². The van der Waals surface area contributed by atoms with Crippen molar-refractivity contribution >= 4 is 21.1 Å². The van der Waals surface area contributed by atoms with Crippen molar-refractivity contribution in [3.05, 3.63) is 0 Å². The van der Waals surface area contributed by atoms with Crippen LogP contribution in [0.4, 0.5) is 0 Å². The van der Waals surface area contributed by atoms with E-state index in [0.29, 0.717) is 5.12 Å². The van der Waals surface area contributed by atoms with Crippen LogP contribution in [-0.2, 0) is 0 Å². The summed E-state index contributed by atoms with van der Waals surface area (Å²) in [6.45, 7) is 4.48. The summed E-state index contributed by atoms with van der Waals surface area (Å²) in [4.78, 5) is 2.09. The maximum atomic E-state index is 6.00. The summed E-state index contributed by atoms with van der Waals surface area (Å²) in [6, 6.07) is 0. The highest BCUT2D eigenvalue weighted by Crippen LogP contribution is 2.06. The zero-order valence-corrected chi connectivity index (χ0v) is 8.86. The Balaban J connectivity index is 3.38. The molecule has 0 fully saturated rings. The van der Waals surface area contributed by atoms with Gasteiger partial charge in [-0.25, -0.2) is 0 Å². The average molecular weight is 166 g/mol. The molecule has 0 aliphatic rings. The van der Waals surface area contributed by atoms with Crippen molar-refractivity contribution in [2.75, 3.05) is 14.1 Å². The molecular weight excluding hydrogens is 150 g/mol. The maximum Gasteiger partial charge on any atom is 0.0678 e. The predicted octanol–water partition coefficient (Wildman–Crippen LogP) is 1.07. The summed E-state index contributed by atoms with van der Waals surface area (Å²) < 4.78 is 0. The first-order chi connectivity index (χ1) is 4.04. The Hall–Kier alpha value is 0.467. The minimum absolute atomic E-state index is 0.0856. The van der Waals surface area contributed by atoms with E-state index in [4.69, 9.17) is 11.6 Å². The summed E-state index contributed by atoms with van der Waals surface area (Å²) in [7, 11) is 3.98. The highest BCUT2D eigenvalue weighted by molar-refractivity contribution is 6.53. The fourth-order valence-electron chi connectivity index (χ4n) is 0.600. The first kappa shape index (κ1) is 9.47. The molecule has 56 valence electrons. The Kier molecular flexibility index (Phi) is 4.53. The van der Waals surface area contributed by atoms with Crippen molar-refractivity contribution in [3.8, 4) is 0 Å². The molecule has 0 saturated heterocycles. The van der Waals surface area contributed by atoms with E-state index < -0.39 is 0 Å². The highest BCUT2D eigenvalue weighted by atomic mass is 35.5. The quantitative estimate of drug-likeness (QED) is 0.344. The molecule has 1 atom stereocenters. The van der Waals surface area contributed by atoms with Crippen LogP contribution in [0.3, 0.4) is 0 Å². The minimum atomic E-state index is -0.0856. The lowest BCUT2D eigenvalue weighted by atomic mass is 10.6. The first-order valence-corrected chi connectivity index (χ1v) is 5.41. The molecule has 0 spiro atoms. The van der Waals surface area contributed by atoms with Crippen molar-refractivity contribution in [2.45, 2.75) is 24.5 Å². The zero-order chi connectivity index (χ0) is 7.44. The van der Waals surface area contributed by atoms with Crippen molar-refractivity contribution in [1.29, 1.82) is 0 Å². The molecule has 3 heteroatoms. The van der Waals surface area contributed by atoms with E-state index in [0.717, 1.165) is 5.54 Å². The average Bonchev–Trinajstić information content (AvgIpc) is 1.63. The Morgan fingerprint density at radius 1 is 1.33 bits per heavy atom. The molecule has 0 aliphatic heterocycles. The lowest BCUT2D eigenvalue weighted by Gasteiger charge is -2.18. The van der Waals surface area contributed by atoms with Crippen molar-refractivity contribution < 1.29 is 0 Å². The fraction of sp³-hybridized carbons (Fsp3) is 1.00. The van der Waals surface area contributed by atoms with E-state index in [1.54, 1.807) is 0 Å². The molecule has 9 heavy (non-hydrogen) atoms. The highest BCUT2D eigenvalue weighted by Gasteiger charge is 2.08. The van der Waals surface area contributed by atoms with Gasteiger partial charge >= 0.3 is 0 Å². The number of hydrogen-bond acceptors (Lipinski definition) is 1. The van der Waals surface area contributed by atoms with Gasteiger partial charge in [-0.3, -0.25) is 4.90 Å². The van der Waals surface area contributed by atoms with Gasteiger partial charge in [0.15, 0.2) is 0 Å². The van der Waals surface area contributed by atoms with Gasteiger partial charge in [-0.15, -0.1) is 11.6 Å². The van der Waals surface area contributed by atoms with Gasteiger partial charge in [0.2, 0.25) is 0 Å². The molecule has 0 amide bonds. The smallest absolute Gasteiger partial charge is 0.0678 e. The zero-order valence-electron chi connectivity index (χ0n) is 6.69. The Labute approximate surface area is 65.2 Å². The Bertz CT molecular complexity index is 75.5. The topological polar surface area (TPSA) is 3.24 Å². The van der Waals surface area contributed by atoms with Gasteiger partial charge in [-0.1, -0.05) is 19.4 Å². The summed E-state index contributed by atoms with van der Waals surface area (Å²) in [6.07, 6.45) is 0. The summed E-state index contributed by atoms with van der Waals surface area (Å²) in [5.41, 5.74) is 0.829. The number of halogens is 1. The molecule has 0 N–H and O–H groups in total. The van der Waals surface area contributed by atoms with E-state index in [2.05, 4.69) is 18.7 Å². The number of hydrogen-bond donors (Lipinski definition) is 0. The summed E-state index contributed by atoms with van der Waals surface area (Å²) in [5.74, 6) is 0. The molecule has 1 nitrogen and oxygen atoms in total. The predicted molar refractivity (Wildman–Crippen MR) is 47.0 cm³/mol. The summed E-state index contributed by atoms with van der Waals surface area (Å²) in [5, 5.41) is 0.338. The van der Waals surface area contributed by atoms with Crippen molar-refractivity contribution in [1.82, 2.24) is 4.90 Å². The first-order valence-electron chi connectivity index (χ1n) is 3.34. The molecule has 0 bridgehead atoms. The molecule has 0 radical (unpaired) electrons. The third-order valence-electron chi connectivity index (χ3n) is 1.23. The molecular formula is C6H16ClNSi. The van der Waals surface area contributed by atoms with E-state index in [1.807, 2.05) is 14.1 Å². The SMILES string of the molecule is CC(C)[SiH2]C(Cl)N(C)C. The monoisotopic (exact) mass is 165 g/mol. The minimum Gasteiger partial charge on any atom is -0.297 e. The third kappa shape index (κ3) is 4.94. The normalized spacial score (nSPS) is 16.3. The lowest BCUT2D eigenvalue weighted by Crippen LogP contribution is -2.29. The third-order valence-corrected chi connectivity index (χ3v) is 4.21. The second-order valence-electron chi connectivity index (χ2n) is 3.03. The molecule has 0 heterocycles. The van der Waals surface area contributed by atoms with Crippen LogP contribution < -0.4 is 0 Å². The van der Waals surface area contributed by atoms with Gasteiger partial charge in [-0.05, 0) is 14.1 Å². The number of nitrogens with zero attached hydrogens (tertiary/aromatic N) is 1. The van der Waals surface area contributed by atoms with Gasteiger partial charge in [0.1, 0.15) is 0 Å². The number of rotatable bonds is 3. The molecule has 0 aliphatic carbocycles. The second kappa shape index (κ2) is 4.31. The summed E-state index contributed by atoms with van der Waals surface area (Å²) >= 11 is 6.00. The van der Waals surface area contributed by atoms with E-state index in [-0.39, 0.29) is 9.52 Å². The molecule has 0 aromatic heterocycles.